The Morgan fingerprint density at radius 3 is 2.58 bits per heavy atom. The number of rotatable bonds is 4. The van der Waals surface area contributed by atoms with Crippen molar-refractivity contribution in [3.8, 4) is 0 Å². The van der Waals surface area contributed by atoms with Gasteiger partial charge in [0.25, 0.3) is 0 Å². The Morgan fingerprint density at radius 1 is 1.37 bits per heavy atom. The smallest absolute Gasteiger partial charge is 0.340 e. The van der Waals surface area contributed by atoms with E-state index in [4.69, 9.17) is 16.3 Å². The maximum Gasteiger partial charge on any atom is 0.340 e. The van der Waals surface area contributed by atoms with E-state index in [2.05, 4.69) is 4.99 Å². The third kappa shape index (κ3) is 2.40. The van der Waals surface area contributed by atoms with Gasteiger partial charge in [-0.05, 0) is 19.1 Å². The van der Waals surface area contributed by atoms with Crippen LogP contribution in [-0.2, 0) is 14.3 Å². The van der Waals surface area contributed by atoms with Crippen molar-refractivity contribution < 1.29 is 14.3 Å². The molecule has 0 saturated carbocycles. The highest BCUT2D eigenvalue weighted by atomic mass is 35.5. The van der Waals surface area contributed by atoms with Crippen LogP contribution in [0.5, 0.6) is 0 Å². The highest BCUT2D eigenvalue weighted by Crippen LogP contribution is 2.33. The summed E-state index contributed by atoms with van der Waals surface area (Å²) in [7, 11) is 0. The number of halogens is 1. The van der Waals surface area contributed by atoms with Crippen LogP contribution in [0.15, 0.2) is 35.3 Å². The molecule has 0 radical (unpaired) electrons. The predicted octanol–water partition coefficient (Wildman–Crippen LogP) is 2.19. The molecule has 0 N–H and O–H groups in total. The Kier molecular flexibility index (Phi) is 3.71. The first kappa shape index (κ1) is 13.7. The highest BCUT2D eigenvalue weighted by molar-refractivity contribution is 6.28. The molecule has 0 aliphatic carbocycles. The molecule has 5 heteroatoms. The lowest BCUT2D eigenvalue weighted by molar-refractivity contribution is -0.140. The summed E-state index contributed by atoms with van der Waals surface area (Å²) in [5.41, 5.74) is -0.401. The standard InChI is InChI=1S/C14H14ClNO3/c1-9(11(15)8-17)14(2)13(18)19-12(16-14)10-6-4-3-5-7-10/h3-9,11H,1-2H3/t9-,11+,14+/m1/s1. The third-order valence-corrected chi connectivity index (χ3v) is 3.93. The average molecular weight is 280 g/mol. The zero-order valence-electron chi connectivity index (χ0n) is 10.7. The quantitative estimate of drug-likeness (QED) is 0.482. The zero-order chi connectivity index (χ0) is 14.0. The molecular formula is C14H14ClNO3. The molecule has 4 nitrogen and oxygen atoms in total. The van der Waals surface area contributed by atoms with Gasteiger partial charge in [0.1, 0.15) is 6.29 Å². The van der Waals surface area contributed by atoms with Crippen LogP contribution < -0.4 is 0 Å². The summed E-state index contributed by atoms with van der Waals surface area (Å²) in [5.74, 6) is -0.651. The van der Waals surface area contributed by atoms with Gasteiger partial charge in [0.2, 0.25) is 5.90 Å². The monoisotopic (exact) mass is 279 g/mol. The largest absolute Gasteiger partial charge is 0.405 e. The molecule has 0 aromatic heterocycles. The lowest BCUT2D eigenvalue weighted by Gasteiger charge is -2.25. The minimum absolute atomic E-state index is 0.273. The molecule has 1 aromatic carbocycles. The molecule has 1 heterocycles. The van der Waals surface area contributed by atoms with Crippen molar-refractivity contribution in [3.05, 3.63) is 35.9 Å². The second-order valence-corrected chi connectivity index (χ2v) is 5.19. The number of carbonyl (C=O) groups is 2. The molecule has 0 unspecified atom stereocenters. The molecule has 1 aromatic rings. The number of cyclic esters (lactones) is 1. The van der Waals surface area contributed by atoms with Gasteiger partial charge in [0.05, 0.1) is 5.38 Å². The number of aldehydes is 1. The predicted molar refractivity (Wildman–Crippen MR) is 72.3 cm³/mol. The molecular weight excluding hydrogens is 266 g/mol. The minimum Gasteiger partial charge on any atom is -0.405 e. The van der Waals surface area contributed by atoms with Gasteiger partial charge in [-0.3, -0.25) is 0 Å². The third-order valence-electron chi connectivity index (χ3n) is 3.45. The lowest BCUT2D eigenvalue weighted by Crippen LogP contribution is -2.42. The molecule has 2 rings (SSSR count). The number of esters is 1. The first-order valence-electron chi connectivity index (χ1n) is 5.96. The maximum atomic E-state index is 12.0. The van der Waals surface area contributed by atoms with Gasteiger partial charge in [0.15, 0.2) is 5.54 Å². The molecule has 0 amide bonds. The number of carbonyl (C=O) groups excluding carboxylic acids is 2. The van der Waals surface area contributed by atoms with Crippen molar-refractivity contribution in [1.82, 2.24) is 0 Å². The number of benzene rings is 1. The van der Waals surface area contributed by atoms with Crippen LogP contribution in [-0.4, -0.2) is 29.1 Å². The van der Waals surface area contributed by atoms with Crippen LogP contribution in [0.2, 0.25) is 0 Å². The van der Waals surface area contributed by atoms with Crippen LogP contribution in [0.3, 0.4) is 0 Å². The summed E-state index contributed by atoms with van der Waals surface area (Å²) in [6.45, 7) is 3.35. The van der Waals surface area contributed by atoms with Crippen molar-refractivity contribution >= 4 is 29.8 Å². The van der Waals surface area contributed by atoms with Gasteiger partial charge in [0, 0.05) is 11.5 Å². The van der Waals surface area contributed by atoms with Gasteiger partial charge >= 0.3 is 5.97 Å². The number of alkyl halides is 1. The molecule has 1 aliphatic heterocycles. The first-order chi connectivity index (χ1) is 8.99. The molecule has 0 fully saturated rings. The Labute approximate surface area is 116 Å². The zero-order valence-corrected chi connectivity index (χ0v) is 11.4. The van der Waals surface area contributed by atoms with E-state index in [1.165, 1.54) is 0 Å². The van der Waals surface area contributed by atoms with Crippen LogP contribution in [0.4, 0.5) is 0 Å². The second-order valence-electron chi connectivity index (χ2n) is 4.69. The Hall–Kier alpha value is -1.68. The van der Waals surface area contributed by atoms with Gasteiger partial charge in [-0.1, -0.05) is 25.1 Å². The van der Waals surface area contributed by atoms with Crippen molar-refractivity contribution in [1.29, 1.82) is 0 Å². The SMILES string of the molecule is C[C@H]([C@@H](Cl)C=O)[C@]1(C)N=C(c2ccccc2)OC1=O. The summed E-state index contributed by atoms with van der Waals surface area (Å²) < 4.78 is 5.22. The van der Waals surface area contributed by atoms with E-state index >= 15 is 0 Å². The lowest BCUT2D eigenvalue weighted by atomic mass is 9.86. The molecule has 19 heavy (non-hydrogen) atoms. The van der Waals surface area contributed by atoms with Crippen LogP contribution in [0, 0.1) is 5.92 Å². The summed E-state index contributed by atoms with van der Waals surface area (Å²) in [5, 5.41) is -0.781. The topological polar surface area (TPSA) is 55.7 Å². The normalized spacial score (nSPS) is 25.4. The van der Waals surface area contributed by atoms with Gasteiger partial charge in [-0.15, -0.1) is 11.6 Å². The number of hydrogen-bond acceptors (Lipinski definition) is 4. The van der Waals surface area contributed by atoms with E-state index in [-0.39, 0.29) is 5.90 Å². The van der Waals surface area contributed by atoms with Gasteiger partial charge in [-0.25, -0.2) is 9.79 Å². The minimum atomic E-state index is -1.13. The summed E-state index contributed by atoms with van der Waals surface area (Å²) in [4.78, 5) is 27.1. The number of hydrogen-bond donors (Lipinski definition) is 0. The highest BCUT2D eigenvalue weighted by Gasteiger charge is 2.48. The van der Waals surface area contributed by atoms with Crippen molar-refractivity contribution in [2.75, 3.05) is 0 Å². The van der Waals surface area contributed by atoms with Crippen LogP contribution in [0.25, 0.3) is 0 Å². The Morgan fingerprint density at radius 2 is 2.00 bits per heavy atom. The van der Waals surface area contributed by atoms with Gasteiger partial charge in [-0.2, -0.15) is 0 Å². The molecule has 0 spiro atoms. The fourth-order valence-corrected chi connectivity index (χ4v) is 2.14. The molecule has 100 valence electrons. The van der Waals surface area contributed by atoms with Crippen molar-refractivity contribution in [3.63, 3.8) is 0 Å². The first-order valence-corrected chi connectivity index (χ1v) is 6.39. The fraction of sp³-hybridized carbons (Fsp3) is 0.357. The Bertz CT molecular complexity index is 529. The second kappa shape index (κ2) is 5.13. The van der Waals surface area contributed by atoms with E-state index < -0.39 is 22.8 Å². The van der Waals surface area contributed by atoms with E-state index in [1.807, 2.05) is 18.2 Å². The van der Waals surface area contributed by atoms with Crippen LogP contribution in [0.1, 0.15) is 19.4 Å². The molecule has 1 aliphatic rings. The number of aliphatic imine (C=N–C) groups is 1. The molecule has 0 saturated heterocycles. The number of ether oxygens (including phenoxy) is 1. The molecule has 3 atom stereocenters. The van der Waals surface area contributed by atoms with E-state index in [0.717, 1.165) is 5.56 Å². The van der Waals surface area contributed by atoms with Crippen LogP contribution >= 0.6 is 11.6 Å². The van der Waals surface area contributed by atoms with Gasteiger partial charge < -0.3 is 9.53 Å². The van der Waals surface area contributed by atoms with E-state index in [0.29, 0.717) is 6.29 Å². The fourth-order valence-electron chi connectivity index (χ4n) is 1.89. The Balaban J connectivity index is 2.35. The van der Waals surface area contributed by atoms with Crippen molar-refractivity contribution in [2.45, 2.75) is 24.8 Å². The molecule has 0 bridgehead atoms. The summed E-state index contributed by atoms with van der Waals surface area (Å²) in [6, 6.07) is 9.14. The number of nitrogens with zero attached hydrogens (tertiary/aromatic N) is 1. The van der Waals surface area contributed by atoms with E-state index in [9.17, 15) is 9.59 Å². The maximum absolute atomic E-state index is 12.0. The summed E-state index contributed by atoms with van der Waals surface area (Å²) >= 11 is 5.90. The average Bonchev–Trinajstić information content (AvgIpc) is 2.75. The van der Waals surface area contributed by atoms with Crippen molar-refractivity contribution in [2.24, 2.45) is 10.9 Å². The summed E-state index contributed by atoms with van der Waals surface area (Å²) in [6.07, 6.45) is 0.612. The van der Waals surface area contributed by atoms with E-state index in [1.54, 1.807) is 26.0 Å².